The van der Waals surface area contributed by atoms with Gasteiger partial charge in [0.1, 0.15) is 5.03 Å². The predicted molar refractivity (Wildman–Crippen MR) is 59.9 cm³/mol. The second kappa shape index (κ2) is 4.49. The number of hydrogen-bond donors (Lipinski definition) is 0. The van der Waals surface area contributed by atoms with Gasteiger partial charge < -0.3 is 0 Å². The molecule has 0 N–H and O–H groups in total. The molecule has 1 aromatic heterocycles. The number of aromatic nitrogens is 2. The fourth-order valence-corrected chi connectivity index (χ4v) is 3.14. The van der Waals surface area contributed by atoms with Crippen LogP contribution in [0.1, 0.15) is 31.2 Å². The van der Waals surface area contributed by atoms with Gasteiger partial charge in [0.05, 0.1) is 0 Å². The van der Waals surface area contributed by atoms with Crippen molar-refractivity contribution in [2.24, 2.45) is 0 Å². The summed E-state index contributed by atoms with van der Waals surface area (Å²) in [5.74, 6) is 0. The van der Waals surface area contributed by atoms with Crippen LogP contribution in [-0.2, 0) is 0 Å². The van der Waals surface area contributed by atoms with Gasteiger partial charge in [-0.2, -0.15) is 0 Å². The van der Waals surface area contributed by atoms with Crippen molar-refractivity contribution in [1.29, 1.82) is 0 Å². The van der Waals surface area contributed by atoms with Crippen molar-refractivity contribution in [3.8, 4) is 0 Å². The van der Waals surface area contributed by atoms with Crippen LogP contribution in [0.3, 0.4) is 0 Å². The van der Waals surface area contributed by atoms with Gasteiger partial charge in [-0.05, 0) is 36.9 Å². The Balaban J connectivity index is 2.10. The molecule has 1 aliphatic carbocycles. The number of aryl methyl sites for hydroxylation is 1. The maximum atomic E-state index is 5.77. The topological polar surface area (TPSA) is 25.8 Å². The van der Waals surface area contributed by atoms with Gasteiger partial charge in [0, 0.05) is 11.4 Å². The molecule has 0 saturated heterocycles. The highest BCUT2D eigenvalue weighted by atomic mass is 35.5. The van der Waals surface area contributed by atoms with Crippen LogP contribution in [0.2, 0.25) is 5.28 Å². The molecule has 0 amide bonds. The zero-order valence-corrected chi connectivity index (χ0v) is 9.74. The van der Waals surface area contributed by atoms with Crippen molar-refractivity contribution in [2.45, 2.75) is 42.9 Å². The lowest BCUT2D eigenvalue weighted by Crippen LogP contribution is -1.97. The van der Waals surface area contributed by atoms with Crippen LogP contribution < -0.4 is 0 Å². The van der Waals surface area contributed by atoms with E-state index in [9.17, 15) is 0 Å². The maximum absolute atomic E-state index is 5.77. The molecule has 0 spiro atoms. The van der Waals surface area contributed by atoms with E-state index in [1.807, 2.05) is 18.7 Å². The van der Waals surface area contributed by atoms with E-state index >= 15 is 0 Å². The molecule has 2 nitrogen and oxygen atoms in total. The first kappa shape index (κ1) is 10.2. The van der Waals surface area contributed by atoms with Gasteiger partial charge in [-0.1, -0.05) is 12.8 Å². The zero-order valence-electron chi connectivity index (χ0n) is 8.16. The van der Waals surface area contributed by atoms with E-state index in [1.54, 1.807) is 6.20 Å². The average molecular weight is 229 g/mol. The highest BCUT2D eigenvalue weighted by Gasteiger charge is 2.17. The largest absolute Gasteiger partial charge is 0.226 e. The van der Waals surface area contributed by atoms with E-state index in [-0.39, 0.29) is 0 Å². The van der Waals surface area contributed by atoms with Crippen molar-refractivity contribution < 1.29 is 0 Å². The Morgan fingerprint density at radius 3 is 2.86 bits per heavy atom. The van der Waals surface area contributed by atoms with Crippen molar-refractivity contribution in [2.75, 3.05) is 0 Å². The van der Waals surface area contributed by atoms with Crippen LogP contribution >= 0.6 is 23.4 Å². The van der Waals surface area contributed by atoms with Crippen molar-refractivity contribution in [1.82, 2.24) is 9.97 Å². The van der Waals surface area contributed by atoms with Crippen molar-refractivity contribution in [3.63, 3.8) is 0 Å². The quantitative estimate of drug-likeness (QED) is 0.573. The summed E-state index contributed by atoms with van der Waals surface area (Å²) in [7, 11) is 0. The van der Waals surface area contributed by atoms with E-state index in [0.29, 0.717) is 5.28 Å². The first-order valence-electron chi connectivity index (χ1n) is 4.91. The molecule has 1 fully saturated rings. The van der Waals surface area contributed by atoms with Gasteiger partial charge in [-0.3, -0.25) is 0 Å². The molecule has 1 heterocycles. The highest BCUT2D eigenvalue weighted by Crippen LogP contribution is 2.35. The zero-order chi connectivity index (χ0) is 9.97. The highest BCUT2D eigenvalue weighted by molar-refractivity contribution is 7.99. The number of nitrogens with zero attached hydrogens (tertiary/aromatic N) is 2. The van der Waals surface area contributed by atoms with Crippen LogP contribution in [0.15, 0.2) is 11.2 Å². The van der Waals surface area contributed by atoms with Crippen LogP contribution in [-0.4, -0.2) is 15.2 Å². The molecule has 0 aromatic carbocycles. The van der Waals surface area contributed by atoms with E-state index in [4.69, 9.17) is 11.6 Å². The Labute approximate surface area is 93.5 Å². The molecule has 76 valence electrons. The molecule has 4 heteroatoms. The Morgan fingerprint density at radius 1 is 1.43 bits per heavy atom. The molecule has 1 aliphatic rings. The van der Waals surface area contributed by atoms with Crippen LogP contribution in [0.25, 0.3) is 0 Å². The summed E-state index contributed by atoms with van der Waals surface area (Å²) >= 11 is 7.62. The summed E-state index contributed by atoms with van der Waals surface area (Å²) in [5, 5.41) is 2.15. The second-order valence-electron chi connectivity index (χ2n) is 3.65. The molecule has 14 heavy (non-hydrogen) atoms. The Hall–Kier alpha value is -0.280. The molecule has 0 bridgehead atoms. The van der Waals surface area contributed by atoms with Crippen molar-refractivity contribution >= 4 is 23.4 Å². The lowest BCUT2D eigenvalue weighted by molar-refractivity contribution is 0.886. The van der Waals surface area contributed by atoms with Crippen LogP contribution in [0, 0.1) is 6.92 Å². The number of hydrogen-bond acceptors (Lipinski definition) is 3. The van der Waals surface area contributed by atoms with Crippen LogP contribution in [0.5, 0.6) is 0 Å². The third-order valence-corrected chi connectivity index (χ3v) is 4.10. The molecule has 1 saturated carbocycles. The van der Waals surface area contributed by atoms with Crippen LogP contribution in [0.4, 0.5) is 0 Å². The van der Waals surface area contributed by atoms with E-state index in [1.165, 1.54) is 25.7 Å². The third kappa shape index (κ3) is 2.39. The van der Waals surface area contributed by atoms with Crippen molar-refractivity contribution in [3.05, 3.63) is 17.0 Å². The van der Waals surface area contributed by atoms with Gasteiger partial charge in [-0.15, -0.1) is 11.8 Å². The average Bonchev–Trinajstić information content (AvgIpc) is 2.64. The minimum atomic E-state index is 0.357. The minimum absolute atomic E-state index is 0.357. The molecule has 0 unspecified atom stereocenters. The number of thioether (sulfide) groups is 1. The smallest absolute Gasteiger partial charge is 0.223 e. The first-order chi connectivity index (χ1) is 6.75. The summed E-state index contributed by atoms with van der Waals surface area (Å²) in [5.41, 5.74) is 1.13. The van der Waals surface area contributed by atoms with Gasteiger partial charge in [0.15, 0.2) is 0 Å². The molecule has 2 rings (SSSR count). The van der Waals surface area contributed by atoms with Gasteiger partial charge >= 0.3 is 0 Å². The summed E-state index contributed by atoms with van der Waals surface area (Å²) in [6.07, 6.45) is 7.13. The lowest BCUT2D eigenvalue weighted by atomic mass is 10.4. The molecular formula is C10H13ClN2S. The van der Waals surface area contributed by atoms with E-state index in [2.05, 4.69) is 9.97 Å². The fraction of sp³-hybridized carbons (Fsp3) is 0.600. The number of halogens is 1. The van der Waals surface area contributed by atoms with Gasteiger partial charge in [0.2, 0.25) is 5.28 Å². The molecule has 0 radical (unpaired) electrons. The monoisotopic (exact) mass is 228 g/mol. The standard InChI is InChI=1S/C10H13ClN2S/c1-7-6-12-10(11)13-9(7)14-8-4-2-3-5-8/h6,8H,2-5H2,1H3. The Morgan fingerprint density at radius 2 is 2.14 bits per heavy atom. The normalized spacial score (nSPS) is 17.6. The number of rotatable bonds is 2. The maximum Gasteiger partial charge on any atom is 0.223 e. The molecule has 0 aliphatic heterocycles. The lowest BCUT2D eigenvalue weighted by Gasteiger charge is -2.09. The predicted octanol–water partition coefficient (Wildman–Crippen LogP) is 3.47. The second-order valence-corrected chi connectivity index (χ2v) is 5.28. The molecule has 0 atom stereocenters. The van der Waals surface area contributed by atoms with E-state index < -0.39 is 0 Å². The van der Waals surface area contributed by atoms with Gasteiger partial charge in [-0.25, -0.2) is 9.97 Å². The Bertz CT molecular complexity index is 324. The molecule has 1 aromatic rings. The molecular weight excluding hydrogens is 216 g/mol. The SMILES string of the molecule is Cc1cnc(Cl)nc1SC1CCCC1. The Kier molecular flexibility index (Phi) is 3.29. The summed E-state index contributed by atoms with van der Waals surface area (Å²) in [6, 6.07) is 0. The third-order valence-electron chi connectivity index (χ3n) is 2.48. The fourth-order valence-electron chi connectivity index (χ4n) is 1.69. The summed E-state index contributed by atoms with van der Waals surface area (Å²) < 4.78 is 0. The van der Waals surface area contributed by atoms with Gasteiger partial charge in [0.25, 0.3) is 0 Å². The summed E-state index contributed by atoms with van der Waals surface area (Å²) in [6.45, 7) is 2.04. The van der Waals surface area contributed by atoms with E-state index in [0.717, 1.165) is 15.8 Å². The minimum Gasteiger partial charge on any atom is -0.226 e. The summed E-state index contributed by atoms with van der Waals surface area (Å²) in [4.78, 5) is 8.21. The first-order valence-corrected chi connectivity index (χ1v) is 6.17.